The summed E-state index contributed by atoms with van der Waals surface area (Å²) in [5, 5.41) is 0. The van der Waals surface area contributed by atoms with Crippen LogP contribution in [0, 0.1) is 0 Å². The molecule has 3 N–H and O–H groups in total. The largest absolute Gasteiger partial charge is 0.466 e. The zero-order chi connectivity index (χ0) is 13.1. The predicted octanol–water partition coefficient (Wildman–Crippen LogP) is -1.70. The summed E-state index contributed by atoms with van der Waals surface area (Å²) in [7, 11) is 2.86. The highest BCUT2D eigenvalue weighted by Gasteiger charge is 2.28. The number of allylic oxidation sites excluding steroid dienone is 2. The normalized spacial score (nSPS) is 17.4. The molecule has 8 heteroatoms. The van der Waals surface area contributed by atoms with E-state index in [2.05, 4.69) is 15.0 Å². The average Bonchev–Trinajstić information content (AvgIpc) is 2.87. The lowest BCUT2D eigenvalue weighted by molar-refractivity contribution is -0.727. The van der Waals surface area contributed by atoms with Crippen molar-refractivity contribution in [3.05, 3.63) is 24.0 Å². The van der Waals surface area contributed by atoms with Gasteiger partial charge in [-0.2, -0.15) is 0 Å². The van der Waals surface area contributed by atoms with Crippen molar-refractivity contribution in [3.63, 3.8) is 0 Å². The molecule has 0 bridgehead atoms. The molecule has 2 rings (SSSR count). The summed E-state index contributed by atoms with van der Waals surface area (Å²) >= 11 is 0. The van der Waals surface area contributed by atoms with Gasteiger partial charge in [-0.3, -0.25) is 4.79 Å². The highest BCUT2D eigenvalue weighted by molar-refractivity contribution is 5.90. The molecular weight excluding hydrogens is 238 g/mol. The fraction of sp³-hybridized carbons (Fsp3) is 0.200. The average molecular weight is 250 g/mol. The van der Waals surface area contributed by atoms with E-state index in [1.807, 2.05) is 0 Å². The number of quaternary nitrogens is 1. The van der Waals surface area contributed by atoms with Crippen molar-refractivity contribution in [2.75, 3.05) is 14.2 Å². The number of hydrogen-bond donors (Lipinski definition) is 2. The van der Waals surface area contributed by atoms with E-state index in [-0.39, 0.29) is 18.0 Å². The first-order valence-electron chi connectivity index (χ1n) is 5.05. The molecule has 8 nitrogen and oxygen atoms in total. The zero-order valence-corrected chi connectivity index (χ0v) is 9.88. The standard InChI is InChI=1S/C10H11N5O3/c1-17-9-12-8(13-10(14-9)18-2)15-5-3-4-6(15)7(11)16/h3-5H,1-2H3,(H2,11,16)/p+1. The number of carbonyl (C=O) groups is 1. The maximum absolute atomic E-state index is 11.3. The second kappa shape index (κ2) is 4.80. The van der Waals surface area contributed by atoms with Crippen LogP contribution in [0.5, 0.6) is 12.0 Å². The van der Waals surface area contributed by atoms with Gasteiger partial charge in [-0.25, -0.2) is 4.90 Å². The van der Waals surface area contributed by atoms with Crippen LogP contribution in [0.2, 0.25) is 0 Å². The van der Waals surface area contributed by atoms with Gasteiger partial charge < -0.3 is 15.2 Å². The monoisotopic (exact) mass is 250 g/mol. The van der Waals surface area contributed by atoms with Crippen LogP contribution in [0.4, 0.5) is 5.95 Å². The maximum Gasteiger partial charge on any atom is 0.346 e. The Bertz CT molecular complexity index is 518. The molecule has 0 saturated heterocycles. The second-order valence-electron chi connectivity index (χ2n) is 3.35. The Morgan fingerprint density at radius 1 is 1.22 bits per heavy atom. The summed E-state index contributed by atoms with van der Waals surface area (Å²) in [5.74, 6) is -0.272. The predicted molar refractivity (Wildman–Crippen MR) is 60.0 cm³/mol. The van der Waals surface area contributed by atoms with Crippen molar-refractivity contribution >= 4 is 11.9 Å². The number of nitrogens with zero attached hydrogens (tertiary/aromatic N) is 3. The first-order valence-corrected chi connectivity index (χ1v) is 5.05. The van der Waals surface area contributed by atoms with Gasteiger partial charge in [-0.15, -0.1) is 15.0 Å². The minimum absolute atomic E-state index is 0.105. The van der Waals surface area contributed by atoms with Crippen LogP contribution in [0.3, 0.4) is 0 Å². The van der Waals surface area contributed by atoms with Gasteiger partial charge in [0.1, 0.15) is 6.20 Å². The van der Waals surface area contributed by atoms with E-state index in [4.69, 9.17) is 15.2 Å². The highest BCUT2D eigenvalue weighted by atomic mass is 16.5. The van der Waals surface area contributed by atoms with Gasteiger partial charge in [0, 0.05) is 6.08 Å². The van der Waals surface area contributed by atoms with E-state index in [9.17, 15) is 4.79 Å². The molecule has 18 heavy (non-hydrogen) atoms. The van der Waals surface area contributed by atoms with E-state index >= 15 is 0 Å². The number of carbonyl (C=O) groups excluding carboxylic acids is 1. The van der Waals surface area contributed by atoms with E-state index in [0.717, 1.165) is 0 Å². The van der Waals surface area contributed by atoms with Gasteiger partial charge in [0.2, 0.25) is 5.70 Å². The SMILES string of the molecule is COc1nc(OC)nc([NH+]2C=CC=C2C(N)=O)n1. The van der Waals surface area contributed by atoms with Gasteiger partial charge in [0.15, 0.2) is 0 Å². The smallest absolute Gasteiger partial charge is 0.346 e. The Hall–Kier alpha value is -2.48. The molecule has 1 unspecified atom stereocenters. The van der Waals surface area contributed by atoms with Crippen LogP contribution >= 0.6 is 0 Å². The maximum atomic E-state index is 11.3. The molecule has 1 amide bonds. The first kappa shape index (κ1) is 12.0. The van der Waals surface area contributed by atoms with Crippen molar-refractivity contribution in [1.29, 1.82) is 0 Å². The van der Waals surface area contributed by atoms with Crippen LogP contribution in [0.1, 0.15) is 0 Å². The number of ether oxygens (including phenoxy) is 2. The van der Waals surface area contributed by atoms with Gasteiger partial charge >= 0.3 is 23.9 Å². The Kier molecular flexibility index (Phi) is 3.20. The van der Waals surface area contributed by atoms with Crippen LogP contribution in [0.15, 0.2) is 24.0 Å². The third kappa shape index (κ3) is 2.13. The summed E-state index contributed by atoms with van der Waals surface area (Å²) in [4.78, 5) is 23.7. The molecule has 0 spiro atoms. The van der Waals surface area contributed by atoms with Crippen molar-refractivity contribution in [1.82, 2.24) is 15.0 Å². The van der Waals surface area contributed by atoms with Gasteiger partial charge in [0.25, 0.3) is 0 Å². The molecule has 0 aromatic carbocycles. The summed E-state index contributed by atoms with van der Waals surface area (Å²) in [5.41, 5.74) is 5.60. The number of hydrogen-bond acceptors (Lipinski definition) is 6. The number of nitrogens with one attached hydrogen (secondary N) is 1. The number of nitrogens with two attached hydrogens (primary N) is 1. The highest BCUT2D eigenvalue weighted by Crippen LogP contribution is 2.10. The Morgan fingerprint density at radius 2 is 1.83 bits per heavy atom. The zero-order valence-electron chi connectivity index (χ0n) is 9.88. The summed E-state index contributed by atoms with van der Waals surface area (Å²) < 4.78 is 9.87. The van der Waals surface area contributed by atoms with Crippen molar-refractivity contribution < 1.29 is 19.2 Å². The first-order chi connectivity index (χ1) is 8.65. The van der Waals surface area contributed by atoms with Gasteiger partial charge in [-0.1, -0.05) is 0 Å². The number of aromatic nitrogens is 3. The van der Waals surface area contributed by atoms with Crippen LogP contribution in [-0.2, 0) is 4.79 Å². The lowest BCUT2D eigenvalue weighted by atomic mass is 10.4. The lowest BCUT2D eigenvalue weighted by Crippen LogP contribution is -3.01. The van der Waals surface area contributed by atoms with Crippen molar-refractivity contribution in [2.45, 2.75) is 0 Å². The molecular formula is C10H12N5O3+. The van der Waals surface area contributed by atoms with Crippen LogP contribution < -0.4 is 20.1 Å². The Labute approximate surface area is 103 Å². The molecule has 0 radical (unpaired) electrons. The Morgan fingerprint density at radius 3 is 2.33 bits per heavy atom. The summed E-state index contributed by atoms with van der Waals surface area (Å²) in [6, 6.07) is 0.210. The van der Waals surface area contributed by atoms with Gasteiger partial charge in [0.05, 0.1) is 14.2 Å². The van der Waals surface area contributed by atoms with E-state index < -0.39 is 5.91 Å². The molecule has 0 saturated carbocycles. The topological polar surface area (TPSA) is 105 Å². The molecule has 1 aliphatic heterocycles. The number of primary amides is 1. The molecule has 94 valence electrons. The van der Waals surface area contributed by atoms with E-state index in [0.29, 0.717) is 10.6 Å². The minimum atomic E-state index is -0.548. The van der Waals surface area contributed by atoms with Crippen LogP contribution in [0.25, 0.3) is 0 Å². The molecule has 1 aliphatic rings. The van der Waals surface area contributed by atoms with E-state index in [1.165, 1.54) is 14.2 Å². The molecule has 1 aromatic rings. The fourth-order valence-corrected chi connectivity index (χ4v) is 1.47. The second-order valence-corrected chi connectivity index (χ2v) is 3.35. The Balaban J connectivity index is 2.42. The number of rotatable bonds is 4. The lowest BCUT2D eigenvalue weighted by Gasteiger charge is -2.10. The summed E-state index contributed by atoms with van der Waals surface area (Å²) in [6.07, 6.45) is 4.98. The molecule has 2 heterocycles. The third-order valence-corrected chi connectivity index (χ3v) is 2.28. The van der Waals surface area contributed by atoms with E-state index in [1.54, 1.807) is 18.4 Å². The summed E-state index contributed by atoms with van der Waals surface area (Å²) in [6.45, 7) is 0. The minimum Gasteiger partial charge on any atom is -0.466 e. The molecule has 0 fully saturated rings. The molecule has 0 aliphatic carbocycles. The number of amides is 1. The van der Waals surface area contributed by atoms with Crippen LogP contribution in [-0.4, -0.2) is 35.1 Å². The number of methoxy groups -OCH3 is 2. The fourth-order valence-electron chi connectivity index (χ4n) is 1.47. The van der Waals surface area contributed by atoms with Crippen molar-refractivity contribution in [3.8, 4) is 12.0 Å². The molecule has 1 aromatic heterocycles. The quantitative estimate of drug-likeness (QED) is 0.660. The van der Waals surface area contributed by atoms with Gasteiger partial charge in [-0.05, 0) is 6.08 Å². The third-order valence-electron chi connectivity index (χ3n) is 2.28. The molecule has 1 atom stereocenters. The van der Waals surface area contributed by atoms with Crippen molar-refractivity contribution in [2.24, 2.45) is 5.73 Å².